The Morgan fingerprint density at radius 3 is 2.47 bits per heavy atom. The molecule has 2 rings (SSSR count). The molecule has 1 aliphatic heterocycles. The van der Waals surface area contributed by atoms with Gasteiger partial charge in [-0.15, -0.1) is 0 Å². The van der Waals surface area contributed by atoms with E-state index in [9.17, 15) is 32.9 Å². The lowest BCUT2D eigenvalue weighted by Crippen LogP contribution is -2.46. The predicted octanol–water partition coefficient (Wildman–Crippen LogP) is 3.30. The van der Waals surface area contributed by atoms with E-state index in [0.717, 1.165) is 18.2 Å². The van der Waals surface area contributed by atoms with Gasteiger partial charge in [0, 0.05) is 31.6 Å². The number of nitrogens with zero attached hydrogens (tertiary/aromatic N) is 2. The molecular weight excluding hydrogens is 407 g/mol. The van der Waals surface area contributed by atoms with Crippen LogP contribution in [-0.4, -0.2) is 53.6 Å². The second kappa shape index (κ2) is 9.77. The number of nitrogens with one attached hydrogen (secondary N) is 1. The second-order valence-corrected chi connectivity index (χ2v) is 7.57. The normalized spacial score (nSPS) is 15.2. The Hall–Kier alpha value is -2.85. The third-order valence-electron chi connectivity index (χ3n) is 4.58. The number of ether oxygens (including phenoxy) is 1. The number of halogens is 3. The molecule has 0 aliphatic carbocycles. The van der Waals surface area contributed by atoms with Gasteiger partial charge in [0.1, 0.15) is 11.3 Å². The second-order valence-electron chi connectivity index (χ2n) is 7.57. The molecular formula is C19H24F3N3O5. The van der Waals surface area contributed by atoms with Crippen molar-refractivity contribution >= 4 is 17.5 Å². The number of rotatable bonds is 7. The molecule has 1 saturated heterocycles. The molecule has 2 amide bonds. The van der Waals surface area contributed by atoms with Crippen molar-refractivity contribution in [3.63, 3.8) is 0 Å². The minimum atomic E-state index is -4.58. The Balaban J connectivity index is 2.03. The third-order valence-corrected chi connectivity index (χ3v) is 4.58. The van der Waals surface area contributed by atoms with Gasteiger partial charge in [-0.05, 0) is 30.9 Å². The Morgan fingerprint density at radius 1 is 1.30 bits per heavy atom. The van der Waals surface area contributed by atoms with E-state index in [2.05, 4.69) is 10.1 Å². The molecule has 30 heavy (non-hydrogen) atoms. The van der Waals surface area contributed by atoms with Crippen molar-refractivity contribution in [1.82, 2.24) is 10.2 Å². The molecule has 0 atom stereocenters. The van der Waals surface area contributed by atoms with Crippen LogP contribution in [0, 0.1) is 16.0 Å². The topological polar surface area (TPSA) is 102 Å². The summed E-state index contributed by atoms with van der Waals surface area (Å²) in [6, 6.07) is 2.58. The van der Waals surface area contributed by atoms with Gasteiger partial charge in [0.25, 0.3) is 11.6 Å². The molecule has 1 fully saturated rings. The van der Waals surface area contributed by atoms with E-state index in [-0.39, 0.29) is 29.2 Å². The van der Waals surface area contributed by atoms with E-state index in [1.807, 2.05) is 13.8 Å². The van der Waals surface area contributed by atoms with Gasteiger partial charge in [-0.25, -0.2) is 0 Å². The molecule has 0 radical (unpaired) electrons. The maximum absolute atomic E-state index is 12.6. The molecule has 0 aromatic heterocycles. The zero-order valence-corrected chi connectivity index (χ0v) is 16.7. The Bertz CT molecular complexity index is 790. The molecule has 0 unspecified atom stereocenters. The summed E-state index contributed by atoms with van der Waals surface area (Å²) in [6.45, 7) is 3.23. The fourth-order valence-electron chi connectivity index (χ4n) is 3.13. The van der Waals surface area contributed by atoms with Gasteiger partial charge >= 0.3 is 6.18 Å². The van der Waals surface area contributed by atoms with E-state index in [4.69, 9.17) is 0 Å². The first-order valence-corrected chi connectivity index (χ1v) is 9.53. The van der Waals surface area contributed by atoms with Crippen LogP contribution in [0.2, 0.25) is 0 Å². The van der Waals surface area contributed by atoms with Gasteiger partial charge in [0.05, 0.1) is 4.92 Å². The summed E-state index contributed by atoms with van der Waals surface area (Å²) in [5, 5.41) is 13.9. The number of alkyl halides is 3. The number of nitro benzene ring substituents is 1. The van der Waals surface area contributed by atoms with Crippen LogP contribution in [0.4, 0.5) is 18.9 Å². The van der Waals surface area contributed by atoms with Gasteiger partial charge < -0.3 is 15.0 Å². The van der Waals surface area contributed by atoms with Crippen molar-refractivity contribution in [2.24, 2.45) is 5.92 Å². The highest BCUT2D eigenvalue weighted by Crippen LogP contribution is 2.26. The van der Waals surface area contributed by atoms with Crippen molar-refractivity contribution in [3.05, 3.63) is 33.9 Å². The fourth-order valence-corrected chi connectivity index (χ4v) is 3.13. The molecule has 1 heterocycles. The maximum atomic E-state index is 12.6. The molecule has 0 spiro atoms. The Labute approximate surface area is 171 Å². The quantitative estimate of drug-likeness (QED) is 0.527. The number of hydrogen-bond donors (Lipinski definition) is 1. The van der Waals surface area contributed by atoms with Crippen LogP contribution in [0.5, 0.6) is 5.75 Å². The Morgan fingerprint density at radius 2 is 1.93 bits per heavy atom. The summed E-state index contributed by atoms with van der Waals surface area (Å²) in [5.74, 6) is -0.787. The average Bonchev–Trinajstić information content (AvgIpc) is 2.65. The standard InChI is InChI=1S/C19H24F3N3O5/c1-12(2)9-17(26)24-7-5-13(6-8-24)23-18(27)15-10-14(30-11-19(20,21)22)3-4-16(15)25(28)29/h3-4,10,12-13H,5-9,11H2,1-2H3,(H,23,27). The highest BCUT2D eigenvalue weighted by Gasteiger charge is 2.30. The van der Waals surface area contributed by atoms with Gasteiger partial charge in [0.15, 0.2) is 6.61 Å². The van der Waals surface area contributed by atoms with Crippen molar-refractivity contribution < 1.29 is 32.4 Å². The van der Waals surface area contributed by atoms with Gasteiger partial charge in [0.2, 0.25) is 5.91 Å². The molecule has 0 bridgehead atoms. The SMILES string of the molecule is CC(C)CC(=O)N1CCC(NC(=O)c2cc(OCC(F)(F)F)ccc2[N+](=O)[O-])CC1. The molecule has 1 N–H and O–H groups in total. The van der Waals surface area contributed by atoms with Crippen LogP contribution in [0.3, 0.4) is 0 Å². The lowest BCUT2D eigenvalue weighted by Gasteiger charge is -2.32. The summed E-state index contributed by atoms with van der Waals surface area (Å²) in [4.78, 5) is 36.8. The minimum Gasteiger partial charge on any atom is -0.484 e. The number of carbonyl (C=O) groups excluding carboxylic acids is 2. The van der Waals surface area contributed by atoms with Crippen molar-refractivity contribution in [2.75, 3.05) is 19.7 Å². The van der Waals surface area contributed by atoms with Crippen LogP contribution < -0.4 is 10.1 Å². The van der Waals surface area contributed by atoms with E-state index in [0.29, 0.717) is 32.4 Å². The number of hydrogen-bond acceptors (Lipinski definition) is 5. The summed E-state index contributed by atoms with van der Waals surface area (Å²) < 4.78 is 41.6. The number of nitro groups is 1. The van der Waals surface area contributed by atoms with Crippen LogP contribution in [0.1, 0.15) is 43.5 Å². The number of benzene rings is 1. The number of amides is 2. The van der Waals surface area contributed by atoms with Gasteiger partial charge in [-0.1, -0.05) is 13.8 Å². The van der Waals surface area contributed by atoms with Crippen molar-refractivity contribution in [1.29, 1.82) is 0 Å². The molecule has 11 heteroatoms. The van der Waals surface area contributed by atoms with Crippen molar-refractivity contribution in [3.8, 4) is 5.75 Å². The molecule has 1 aliphatic rings. The number of piperidine rings is 1. The molecule has 1 aromatic carbocycles. The Kier molecular flexibility index (Phi) is 7.63. The predicted molar refractivity (Wildman–Crippen MR) is 101 cm³/mol. The lowest BCUT2D eigenvalue weighted by atomic mass is 10.0. The maximum Gasteiger partial charge on any atom is 0.422 e. The molecule has 1 aromatic rings. The summed E-state index contributed by atoms with van der Waals surface area (Å²) in [5.41, 5.74) is -0.908. The monoisotopic (exact) mass is 431 g/mol. The smallest absolute Gasteiger partial charge is 0.422 e. The lowest BCUT2D eigenvalue weighted by molar-refractivity contribution is -0.385. The van der Waals surface area contributed by atoms with E-state index < -0.39 is 29.3 Å². The van der Waals surface area contributed by atoms with E-state index >= 15 is 0 Å². The van der Waals surface area contributed by atoms with Gasteiger partial charge in [-0.3, -0.25) is 19.7 Å². The van der Waals surface area contributed by atoms with Gasteiger partial charge in [-0.2, -0.15) is 13.2 Å². The highest BCUT2D eigenvalue weighted by molar-refractivity contribution is 5.98. The molecule has 166 valence electrons. The largest absolute Gasteiger partial charge is 0.484 e. The third kappa shape index (κ3) is 6.89. The summed E-state index contributed by atoms with van der Waals surface area (Å²) in [7, 11) is 0. The number of carbonyl (C=O) groups is 2. The van der Waals surface area contributed by atoms with Crippen molar-refractivity contribution in [2.45, 2.75) is 45.3 Å². The zero-order valence-electron chi connectivity index (χ0n) is 16.7. The highest BCUT2D eigenvalue weighted by atomic mass is 19.4. The van der Waals surface area contributed by atoms with Crippen LogP contribution >= 0.6 is 0 Å². The first kappa shape index (κ1) is 23.4. The number of likely N-dealkylation sites (tertiary alicyclic amines) is 1. The average molecular weight is 431 g/mol. The van der Waals surface area contributed by atoms with Crippen LogP contribution in [0.15, 0.2) is 18.2 Å². The summed E-state index contributed by atoms with van der Waals surface area (Å²) in [6.07, 6.45) is -3.18. The van der Waals surface area contributed by atoms with Crippen LogP contribution in [0.25, 0.3) is 0 Å². The molecule has 8 nitrogen and oxygen atoms in total. The minimum absolute atomic E-state index is 0.0416. The summed E-state index contributed by atoms with van der Waals surface area (Å²) >= 11 is 0. The zero-order chi connectivity index (χ0) is 22.5. The first-order valence-electron chi connectivity index (χ1n) is 9.53. The van der Waals surface area contributed by atoms with Crippen LogP contribution in [-0.2, 0) is 4.79 Å². The fraction of sp³-hybridized carbons (Fsp3) is 0.579. The van der Waals surface area contributed by atoms with E-state index in [1.165, 1.54) is 0 Å². The first-order chi connectivity index (χ1) is 14.0. The van der Waals surface area contributed by atoms with E-state index in [1.54, 1.807) is 4.90 Å². The molecule has 0 saturated carbocycles.